The Kier molecular flexibility index (Phi) is 7.70. The number of benzene rings is 8. The third kappa shape index (κ3) is 4.61. The molecule has 0 N–H and O–H groups in total. The van der Waals surface area contributed by atoms with Crippen molar-refractivity contribution < 1.29 is 4.42 Å². The molecule has 9 heteroatoms. The molecule has 0 bridgehead atoms. The van der Waals surface area contributed by atoms with Gasteiger partial charge in [-0.15, -0.1) is 21.9 Å². The molecule has 0 fully saturated rings. The summed E-state index contributed by atoms with van der Waals surface area (Å²) in [7, 11) is 18.7. The molecule has 0 saturated carbocycles. The molecule has 8 aromatic carbocycles. The molecule has 9 aromatic rings. The van der Waals surface area contributed by atoms with Gasteiger partial charge in [0.15, 0.2) is 0 Å². The van der Waals surface area contributed by atoms with Gasteiger partial charge in [0.2, 0.25) is 0 Å². The molecule has 1 aromatic heterocycles. The lowest BCUT2D eigenvalue weighted by Gasteiger charge is -2.29. The lowest BCUT2D eigenvalue weighted by atomic mass is 9.59. The van der Waals surface area contributed by atoms with Gasteiger partial charge in [0.1, 0.15) is 73.9 Å². The summed E-state index contributed by atoms with van der Waals surface area (Å²) < 4.78 is 6.30. The summed E-state index contributed by atoms with van der Waals surface area (Å²) in [6.45, 7) is 4.79. The van der Waals surface area contributed by atoms with Crippen LogP contribution in [0.25, 0.3) is 88.0 Å². The quantitative estimate of drug-likeness (QED) is 0.175. The highest BCUT2D eigenvalue weighted by Crippen LogP contribution is 2.54. The van der Waals surface area contributed by atoms with Crippen LogP contribution in [0, 0.1) is 0 Å². The fraction of sp³-hybridized carbons (Fsp3) is 0.0638. The van der Waals surface area contributed by atoms with Crippen LogP contribution in [0.3, 0.4) is 0 Å². The van der Waals surface area contributed by atoms with Crippen LogP contribution in [0.2, 0.25) is 0 Å². The van der Waals surface area contributed by atoms with E-state index < -0.39 is 0 Å². The number of hydrogen-bond acceptors (Lipinski definition) is 1. The Morgan fingerprint density at radius 2 is 0.821 bits per heavy atom. The minimum Gasteiger partial charge on any atom is -0.456 e. The number of fused-ring (bicyclic) bond motifs is 8. The van der Waals surface area contributed by atoms with Gasteiger partial charge in [0, 0.05) is 16.2 Å². The average molecular weight is 707 g/mol. The minimum atomic E-state index is -0.0861. The van der Waals surface area contributed by atoms with Gasteiger partial charge >= 0.3 is 0 Å². The lowest BCUT2D eigenvalue weighted by Crippen LogP contribution is -2.50. The summed E-state index contributed by atoms with van der Waals surface area (Å²) in [5.74, 6) is 0. The Hall–Kier alpha value is -5.40. The molecule has 56 heavy (non-hydrogen) atoms. The number of rotatable bonds is 3. The largest absolute Gasteiger partial charge is 0.456 e. The SMILES string of the molecule is Bc1c(B)c(B)c2c(-c3cccc4c3-c3ccccc3C4(C)C)c3c(B)c(B)c(B)c(B)c3c(-c3ccc(-c4cccc5oc6ccccc6c45)cc3)c2c1B. The maximum absolute atomic E-state index is 6.30. The zero-order chi connectivity index (χ0) is 38.9. The van der Waals surface area contributed by atoms with E-state index in [0.29, 0.717) is 0 Å². The molecule has 10 rings (SSSR count). The molecular weight excluding hydrogens is 667 g/mol. The highest BCUT2D eigenvalue weighted by Gasteiger charge is 2.37. The maximum atomic E-state index is 6.30. The van der Waals surface area contributed by atoms with Crippen molar-refractivity contribution in [2.24, 2.45) is 0 Å². The van der Waals surface area contributed by atoms with Crippen molar-refractivity contribution in [3.8, 4) is 44.5 Å². The van der Waals surface area contributed by atoms with Crippen molar-refractivity contribution in [2.75, 3.05) is 0 Å². The molecule has 1 aliphatic rings. The van der Waals surface area contributed by atoms with Crippen molar-refractivity contribution in [3.63, 3.8) is 0 Å². The minimum absolute atomic E-state index is 0.0861. The summed E-state index contributed by atoms with van der Waals surface area (Å²) in [5, 5.41) is 7.84. The van der Waals surface area contributed by atoms with Crippen molar-refractivity contribution in [3.05, 3.63) is 120 Å². The normalized spacial score (nSPS) is 13.2. The fourth-order valence-corrected chi connectivity index (χ4v) is 10.5. The van der Waals surface area contributed by atoms with Crippen molar-refractivity contribution in [2.45, 2.75) is 19.3 Å². The van der Waals surface area contributed by atoms with Gasteiger partial charge < -0.3 is 4.42 Å². The van der Waals surface area contributed by atoms with E-state index in [-0.39, 0.29) is 5.41 Å². The van der Waals surface area contributed by atoms with Crippen molar-refractivity contribution >= 4 is 150 Å². The Balaban J connectivity index is 1.35. The highest BCUT2D eigenvalue weighted by atomic mass is 16.3. The van der Waals surface area contributed by atoms with Gasteiger partial charge in [-0.25, -0.2) is 0 Å². The first-order valence-corrected chi connectivity index (χ1v) is 20.1. The molecular formula is C47H40B8O. The summed E-state index contributed by atoms with van der Waals surface area (Å²) in [6, 6.07) is 40.4. The highest BCUT2D eigenvalue weighted by molar-refractivity contribution is 6.71. The van der Waals surface area contributed by atoms with E-state index in [0.717, 1.165) is 16.6 Å². The fourth-order valence-electron chi connectivity index (χ4n) is 10.5. The van der Waals surface area contributed by atoms with Crippen LogP contribution in [0.15, 0.2) is 114 Å². The molecule has 0 atom stereocenters. The lowest BCUT2D eigenvalue weighted by molar-refractivity contribution is 0.660. The number of para-hydroxylation sites is 1. The van der Waals surface area contributed by atoms with Crippen LogP contribution in [-0.2, 0) is 5.41 Å². The molecule has 0 spiro atoms. The molecule has 0 aliphatic heterocycles. The second-order valence-electron chi connectivity index (χ2n) is 17.0. The van der Waals surface area contributed by atoms with Gasteiger partial charge in [0.05, 0.1) is 0 Å². The van der Waals surface area contributed by atoms with Gasteiger partial charge in [-0.3, -0.25) is 0 Å². The molecule has 1 heterocycles. The Morgan fingerprint density at radius 1 is 0.357 bits per heavy atom. The molecule has 1 nitrogen and oxygen atoms in total. The molecule has 0 unspecified atom stereocenters. The van der Waals surface area contributed by atoms with E-state index in [1.165, 1.54) is 126 Å². The van der Waals surface area contributed by atoms with Gasteiger partial charge in [-0.05, 0) is 89.3 Å². The van der Waals surface area contributed by atoms with Crippen LogP contribution in [0.1, 0.15) is 25.0 Å². The average Bonchev–Trinajstić information content (AvgIpc) is 3.72. The maximum Gasteiger partial charge on any atom is 0.139 e. The first kappa shape index (κ1) is 35.0. The van der Waals surface area contributed by atoms with Gasteiger partial charge in [-0.1, -0.05) is 133 Å². The second-order valence-corrected chi connectivity index (χ2v) is 17.0. The molecule has 1 aliphatic carbocycles. The third-order valence-electron chi connectivity index (χ3n) is 14.1. The predicted octanol–water partition coefficient (Wildman–Crippen LogP) is -0.733. The van der Waals surface area contributed by atoms with Crippen LogP contribution in [0.4, 0.5) is 0 Å². The second kappa shape index (κ2) is 12.3. The van der Waals surface area contributed by atoms with E-state index in [1.54, 1.807) is 0 Å². The molecule has 0 radical (unpaired) electrons. The van der Waals surface area contributed by atoms with E-state index in [4.69, 9.17) is 4.42 Å². The molecule has 0 amide bonds. The summed E-state index contributed by atoms with van der Waals surface area (Å²) in [5.41, 5.74) is 26.0. The van der Waals surface area contributed by atoms with E-state index >= 15 is 0 Å². The van der Waals surface area contributed by atoms with E-state index in [1.807, 2.05) is 6.07 Å². The first-order chi connectivity index (χ1) is 26.9. The summed E-state index contributed by atoms with van der Waals surface area (Å²) >= 11 is 0. The van der Waals surface area contributed by atoms with Crippen LogP contribution in [-0.4, -0.2) is 62.8 Å². The van der Waals surface area contributed by atoms with Gasteiger partial charge in [0.25, 0.3) is 0 Å². The number of hydrogen-bond donors (Lipinski definition) is 0. The molecule has 258 valence electrons. The third-order valence-corrected chi connectivity index (χ3v) is 14.1. The first-order valence-electron chi connectivity index (χ1n) is 20.1. The number of furan rings is 1. The van der Waals surface area contributed by atoms with E-state index in [9.17, 15) is 0 Å². The zero-order valence-corrected chi connectivity index (χ0v) is 34.3. The summed E-state index contributed by atoms with van der Waals surface area (Å²) in [4.78, 5) is 0. The Labute approximate surface area is 336 Å². The molecule has 0 saturated heterocycles. The van der Waals surface area contributed by atoms with Crippen LogP contribution < -0.4 is 43.7 Å². The van der Waals surface area contributed by atoms with Crippen molar-refractivity contribution in [1.29, 1.82) is 0 Å². The van der Waals surface area contributed by atoms with Gasteiger partial charge in [-0.2, -0.15) is 0 Å². The van der Waals surface area contributed by atoms with Crippen LogP contribution in [0.5, 0.6) is 0 Å². The Morgan fingerprint density at radius 3 is 1.46 bits per heavy atom. The van der Waals surface area contributed by atoms with Crippen molar-refractivity contribution in [1.82, 2.24) is 0 Å². The smallest absolute Gasteiger partial charge is 0.139 e. The standard InChI is InChI=1S/C47H40B8O/c1-47(2)27-13-5-3-9-24(27)32-26(12-7-14-28(32)47)34-37-35(39(48)43(52)45(54)41(37)50)31(36-38(34)42(51)46(55)44(53)40(36)49)22-19-17-21(18-20-22)23-11-8-16-30-33(23)25-10-4-6-15-29(25)56-30/h3-20H,48-55H2,1-2H3. The predicted molar refractivity (Wildman–Crippen MR) is 268 cm³/mol. The Bertz CT molecular complexity index is 3110. The topological polar surface area (TPSA) is 13.1 Å². The van der Waals surface area contributed by atoms with E-state index in [2.05, 4.69) is 180 Å². The zero-order valence-electron chi connectivity index (χ0n) is 34.3. The summed E-state index contributed by atoms with van der Waals surface area (Å²) in [6.07, 6.45) is 0. The monoisotopic (exact) mass is 708 g/mol. The van der Waals surface area contributed by atoms with Crippen LogP contribution >= 0.6 is 0 Å².